The number of hydrogen-bond acceptors (Lipinski definition) is 6. The molecule has 0 spiro atoms. The van der Waals surface area contributed by atoms with Crippen LogP contribution in [0.2, 0.25) is 5.02 Å². The van der Waals surface area contributed by atoms with Crippen LogP contribution in [0.1, 0.15) is 5.56 Å². The van der Waals surface area contributed by atoms with E-state index >= 15 is 0 Å². The summed E-state index contributed by atoms with van der Waals surface area (Å²) in [7, 11) is 0. The third kappa shape index (κ3) is 5.21. The zero-order valence-electron chi connectivity index (χ0n) is 15.6. The molecule has 0 saturated carbocycles. The van der Waals surface area contributed by atoms with Crippen LogP contribution < -0.4 is 10.1 Å². The van der Waals surface area contributed by atoms with Crippen LogP contribution in [0.5, 0.6) is 11.5 Å². The molecule has 0 aliphatic carbocycles. The van der Waals surface area contributed by atoms with Gasteiger partial charge in [0.05, 0.1) is 0 Å². The standard InChI is InChI=1S/C19H20ClN7O2/c20-15-4-6-16(7-5-15)29-17-3-1-2-14(12-17)13-26-8-10-27(11-9-26)19(28)21-18-22-24-25-23-18/h1-7,12H,8-11,13H2,(H2,21,22,23,24,25,28). The van der Waals surface area contributed by atoms with Gasteiger partial charge >= 0.3 is 6.03 Å². The molecule has 9 nitrogen and oxygen atoms in total. The first kappa shape index (κ1) is 19.2. The number of hydrogen-bond donors (Lipinski definition) is 2. The van der Waals surface area contributed by atoms with Crippen LogP contribution in [0.25, 0.3) is 0 Å². The molecule has 29 heavy (non-hydrogen) atoms. The highest BCUT2D eigenvalue weighted by Crippen LogP contribution is 2.24. The highest BCUT2D eigenvalue weighted by Gasteiger charge is 2.22. The lowest BCUT2D eigenvalue weighted by atomic mass is 10.2. The fourth-order valence-electron chi connectivity index (χ4n) is 3.10. The summed E-state index contributed by atoms with van der Waals surface area (Å²) in [6, 6.07) is 15.1. The normalized spacial score (nSPS) is 14.6. The number of urea groups is 1. The van der Waals surface area contributed by atoms with Crippen molar-refractivity contribution in [3.8, 4) is 11.5 Å². The third-order valence-corrected chi connectivity index (χ3v) is 4.83. The summed E-state index contributed by atoms with van der Waals surface area (Å²) in [6.07, 6.45) is 0. The van der Waals surface area contributed by atoms with Gasteiger partial charge in [0.1, 0.15) is 11.5 Å². The first-order valence-corrected chi connectivity index (χ1v) is 9.57. The summed E-state index contributed by atoms with van der Waals surface area (Å²) in [5.41, 5.74) is 1.15. The summed E-state index contributed by atoms with van der Waals surface area (Å²) >= 11 is 5.91. The number of amides is 2. The highest BCUT2D eigenvalue weighted by atomic mass is 35.5. The van der Waals surface area contributed by atoms with Crippen LogP contribution in [-0.4, -0.2) is 62.6 Å². The summed E-state index contributed by atoms with van der Waals surface area (Å²) in [4.78, 5) is 16.3. The number of ether oxygens (including phenoxy) is 1. The molecule has 1 aliphatic rings. The zero-order valence-corrected chi connectivity index (χ0v) is 16.3. The number of rotatable bonds is 5. The second kappa shape index (κ2) is 8.89. The van der Waals surface area contributed by atoms with Gasteiger partial charge in [0.2, 0.25) is 0 Å². The van der Waals surface area contributed by atoms with Gasteiger partial charge < -0.3 is 9.64 Å². The van der Waals surface area contributed by atoms with Crippen molar-refractivity contribution in [2.24, 2.45) is 0 Å². The molecule has 1 fully saturated rings. The van der Waals surface area contributed by atoms with Gasteiger partial charge in [-0.2, -0.15) is 5.21 Å². The van der Waals surface area contributed by atoms with Crippen LogP contribution in [0.15, 0.2) is 48.5 Å². The molecule has 1 aliphatic heterocycles. The minimum atomic E-state index is -0.218. The zero-order chi connectivity index (χ0) is 20.1. The van der Waals surface area contributed by atoms with Crippen LogP contribution in [-0.2, 0) is 6.54 Å². The number of nitrogens with one attached hydrogen (secondary N) is 2. The van der Waals surface area contributed by atoms with Gasteiger partial charge in [0.25, 0.3) is 5.95 Å². The second-order valence-corrected chi connectivity index (χ2v) is 7.07. The van der Waals surface area contributed by atoms with E-state index in [2.05, 4.69) is 36.9 Å². The lowest BCUT2D eigenvalue weighted by Gasteiger charge is -2.34. The van der Waals surface area contributed by atoms with E-state index in [0.29, 0.717) is 18.1 Å². The number of benzene rings is 2. The minimum absolute atomic E-state index is 0.176. The van der Waals surface area contributed by atoms with Gasteiger partial charge in [0, 0.05) is 37.7 Å². The van der Waals surface area contributed by atoms with Crippen molar-refractivity contribution in [2.45, 2.75) is 6.54 Å². The van der Waals surface area contributed by atoms with E-state index < -0.39 is 0 Å². The van der Waals surface area contributed by atoms with Gasteiger partial charge in [-0.1, -0.05) is 28.8 Å². The maximum atomic E-state index is 12.2. The number of carbonyl (C=O) groups is 1. The molecule has 150 valence electrons. The molecule has 1 aromatic heterocycles. The summed E-state index contributed by atoms with van der Waals surface area (Å²) in [5, 5.41) is 16.5. The molecule has 0 unspecified atom stereocenters. The van der Waals surface area contributed by atoms with E-state index in [4.69, 9.17) is 16.3 Å². The molecule has 2 aromatic carbocycles. The van der Waals surface area contributed by atoms with Gasteiger partial charge in [-0.05, 0) is 47.2 Å². The number of aromatic amines is 1. The monoisotopic (exact) mass is 413 g/mol. The third-order valence-electron chi connectivity index (χ3n) is 4.58. The Balaban J connectivity index is 1.29. The number of anilines is 1. The summed E-state index contributed by atoms with van der Waals surface area (Å²) < 4.78 is 5.90. The lowest BCUT2D eigenvalue weighted by Crippen LogP contribution is -2.49. The predicted molar refractivity (Wildman–Crippen MR) is 108 cm³/mol. The average Bonchev–Trinajstić information content (AvgIpc) is 3.24. The van der Waals surface area contributed by atoms with Crippen molar-refractivity contribution >= 4 is 23.6 Å². The minimum Gasteiger partial charge on any atom is -0.457 e. The Hall–Kier alpha value is -3.17. The van der Waals surface area contributed by atoms with Crippen LogP contribution in [0.4, 0.5) is 10.7 Å². The fourth-order valence-corrected chi connectivity index (χ4v) is 3.23. The second-order valence-electron chi connectivity index (χ2n) is 6.63. The molecule has 4 rings (SSSR count). The SMILES string of the molecule is O=C(Nc1nn[nH]n1)N1CCN(Cc2cccc(Oc3ccc(Cl)cc3)c2)CC1. The Morgan fingerprint density at radius 3 is 2.62 bits per heavy atom. The van der Waals surface area contributed by atoms with E-state index in [1.54, 1.807) is 17.0 Å². The number of halogens is 1. The largest absolute Gasteiger partial charge is 0.457 e. The smallest absolute Gasteiger partial charge is 0.324 e. The maximum Gasteiger partial charge on any atom is 0.324 e. The first-order valence-electron chi connectivity index (χ1n) is 9.20. The van der Waals surface area contributed by atoms with Crippen molar-refractivity contribution < 1.29 is 9.53 Å². The maximum absolute atomic E-state index is 12.2. The average molecular weight is 414 g/mol. The van der Waals surface area contributed by atoms with Crippen molar-refractivity contribution in [3.05, 3.63) is 59.1 Å². The molecule has 0 radical (unpaired) electrons. The van der Waals surface area contributed by atoms with Crippen molar-refractivity contribution in [3.63, 3.8) is 0 Å². The fraction of sp³-hybridized carbons (Fsp3) is 0.263. The molecule has 2 amide bonds. The Morgan fingerprint density at radius 1 is 1.10 bits per heavy atom. The van der Waals surface area contributed by atoms with Gasteiger partial charge in [-0.3, -0.25) is 10.2 Å². The number of nitrogens with zero attached hydrogens (tertiary/aromatic N) is 5. The Bertz CT molecular complexity index is 941. The van der Waals surface area contributed by atoms with E-state index in [-0.39, 0.29) is 12.0 Å². The Kier molecular flexibility index (Phi) is 5.87. The first-order chi connectivity index (χ1) is 14.2. The number of tetrazole rings is 1. The molecule has 2 N–H and O–H groups in total. The Morgan fingerprint density at radius 2 is 1.90 bits per heavy atom. The van der Waals surface area contributed by atoms with Crippen LogP contribution in [0, 0.1) is 0 Å². The molecule has 0 bridgehead atoms. The predicted octanol–water partition coefficient (Wildman–Crippen LogP) is 3.00. The van der Waals surface area contributed by atoms with Crippen LogP contribution >= 0.6 is 11.6 Å². The molecule has 1 saturated heterocycles. The van der Waals surface area contributed by atoms with E-state index in [0.717, 1.165) is 36.7 Å². The number of H-pyrrole nitrogens is 1. The number of carbonyl (C=O) groups excluding carboxylic acids is 1. The molecule has 0 atom stereocenters. The highest BCUT2D eigenvalue weighted by molar-refractivity contribution is 6.30. The number of piperazine rings is 1. The van der Waals surface area contributed by atoms with Gasteiger partial charge in [-0.15, -0.1) is 5.10 Å². The number of aromatic nitrogens is 4. The van der Waals surface area contributed by atoms with E-state index in [1.165, 1.54) is 0 Å². The van der Waals surface area contributed by atoms with Crippen molar-refractivity contribution in [1.82, 2.24) is 30.4 Å². The molecular formula is C19H20ClN7O2. The van der Waals surface area contributed by atoms with E-state index in [1.807, 2.05) is 30.3 Å². The van der Waals surface area contributed by atoms with Crippen molar-refractivity contribution in [2.75, 3.05) is 31.5 Å². The quantitative estimate of drug-likeness (QED) is 0.667. The Labute approximate surface area is 172 Å². The van der Waals surface area contributed by atoms with Gasteiger partial charge in [0.15, 0.2) is 0 Å². The molecular weight excluding hydrogens is 394 g/mol. The molecule has 2 heterocycles. The van der Waals surface area contributed by atoms with Crippen LogP contribution in [0.3, 0.4) is 0 Å². The van der Waals surface area contributed by atoms with E-state index in [9.17, 15) is 4.79 Å². The summed E-state index contributed by atoms with van der Waals surface area (Å²) in [6.45, 7) is 3.61. The van der Waals surface area contributed by atoms with Gasteiger partial charge in [-0.25, -0.2) is 4.79 Å². The lowest BCUT2D eigenvalue weighted by molar-refractivity contribution is 0.143. The topological polar surface area (TPSA) is 99.3 Å². The van der Waals surface area contributed by atoms with Crippen molar-refractivity contribution in [1.29, 1.82) is 0 Å². The summed E-state index contributed by atoms with van der Waals surface area (Å²) in [5.74, 6) is 1.70. The molecule has 10 heteroatoms. The molecule has 3 aromatic rings.